The summed E-state index contributed by atoms with van der Waals surface area (Å²) in [6, 6.07) is 0. The van der Waals surface area contributed by atoms with Crippen molar-refractivity contribution in [3.05, 3.63) is 0 Å². The molecule has 0 saturated heterocycles. The first-order valence-electron chi connectivity index (χ1n) is 7.52. The highest BCUT2D eigenvalue weighted by Crippen LogP contribution is 2.49. The zero-order chi connectivity index (χ0) is 20.9. The van der Waals surface area contributed by atoms with Crippen LogP contribution in [0.3, 0.4) is 0 Å². The monoisotopic (exact) mass is 407 g/mol. The van der Waals surface area contributed by atoms with E-state index in [0.29, 0.717) is 0 Å². The van der Waals surface area contributed by atoms with Crippen molar-refractivity contribution in [2.75, 3.05) is 26.2 Å². The van der Waals surface area contributed by atoms with Crippen molar-refractivity contribution >= 4 is 10.1 Å². The van der Waals surface area contributed by atoms with E-state index in [2.05, 4.69) is 27.7 Å². The number of rotatable bonds is 8. The fourth-order valence-electron chi connectivity index (χ4n) is 1.94. The first kappa shape index (κ1) is 26.6. The van der Waals surface area contributed by atoms with Crippen molar-refractivity contribution < 1.29 is 48.2 Å². The Morgan fingerprint density at radius 2 is 1.16 bits per heavy atom. The molecule has 0 aliphatic rings. The first-order chi connectivity index (χ1) is 10.9. The van der Waals surface area contributed by atoms with Crippen LogP contribution in [0.4, 0.5) is 30.7 Å². The average molecular weight is 407 g/mol. The number of hydrogen-bond donors (Lipinski definition) is 0. The maximum absolute atomic E-state index is 12.4. The van der Waals surface area contributed by atoms with Gasteiger partial charge < -0.3 is 9.04 Å². The highest BCUT2D eigenvalue weighted by molar-refractivity contribution is 7.86. The molecule has 0 N–H and O–H groups in total. The van der Waals surface area contributed by atoms with E-state index in [9.17, 15) is 43.7 Å². The second-order valence-corrected chi connectivity index (χ2v) is 6.81. The Kier molecular flexibility index (Phi) is 9.42. The van der Waals surface area contributed by atoms with E-state index in [1.54, 1.807) is 0 Å². The Balaban J connectivity index is 0. The molecule has 0 radical (unpaired) electrons. The third-order valence-electron chi connectivity index (χ3n) is 4.28. The van der Waals surface area contributed by atoms with Crippen LogP contribution in [0.5, 0.6) is 0 Å². The largest absolute Gasteiger partial charge is 0.743 e. The molecule has 25 heavy (non-hydrogen) atoms. The van der Waals surface area contributed by atoms with Gasteiger partial charge in [-0.2, -0.15) is 26.3 Å². The van der Waals surface area contributed by atoms with E-state index in [-0.39, 0.29) is 6.92 Å². The predicted octanol–water partition coefficient (Wildman–Crippen LogP) is 3.64. The maximum atomic E-state index is 12.4. The zero-order valence-electron chi connectivity index (χ0n) is 14.6. The lowest BCUT2D eigenvalue weighted by atomic mass is 10.1. The molecule has 0 aromatic heterocycles. The molecular weight excluding hydrogens is 383 g/mol. The van der Waals surface area contributed by atoms with Crippen LogP contribution < -0.4 is 0 Å². The molecule has 1 atom stereocenters. The fourth-order valence-corrected chi connectivity index (χ4v) is 2.39. The number of halogens is 7. The van der Waals surface area contributed by atoms with Crippen molar-refractivity contribution in [3.63, 3.8) is 0 Å². The summed E-state index contributed by atoms with van der Waals surface area (Å²) in [5.41, 5.74) is 0. The minimum atomic E-state index is -7.06. The molecule has 12 heteroatoms. The van der Waals surface area contributed by atoms with Crippen molar-refractivity contribution in [2.24, 2.45) is 0 Å². The van der Waals surface area contributed by atoms with Gasteiger partial charge in [-0.25, -0.2) is 12.8 Å². The van der Waals surface area contributed by atoms with Crippen molar-refractivity contribution in [3.8, 4) is 0 Å². The Labute approximate surface area is 143 Å². The van der Waals surface area contributed by atoms with Crippen LogP contribution in [0.15, 0.2) is 0 Å². The van der Waals surface area contributed by atoms with Gasteiger partial charge in [-0.1, -0.05) is 0 Å². The van der Waals surface area contributed by atoms with E-state index in [4.69, 9.17) is 0 Å². The minimum Gasteiger partial charge on any atom is -0.743 e. The summed E-state index contributed by atoms with van der Waals surface area (Å²) < 4.78 is 117. The lowest BCUT2D eigenvalue weighted by Gasteiger charge is -2.34. The quantitative estimate of drug-likeness (QED) is 0.351. The summed E-state index contributed by atoms with van der Waals surface area (Å²) in [5, 5.41) is -6.61. The second kappa shape index (κ2) is 8.85. The smallest absolute Gasteiger partial charge is 0.402 e. The van der Waals surface area contributed by atoms with Crippen molar-refractivity contribution in [2.45, 2.75) is 57.9 Å². The second-order valence-electron chi connectivity index (χ2n) is 5.39. The molecule has 0 rings (SSSR count). The Morgan fingerprint density at radius 3 is 1.28 bits per heavy atom. The lowest BCUT2D eigenvalue weighted by Crippen LogP contribution is -2.60. The van der Waals surface area contributed by atoms with Crippen LogP contribution >= 0.6 is 0 Å². The summed E-state index contributed by atoms with van der Waals surface area (Å²) in [4.78, 5) is 0. The third-order valence-corrected chi connectivity index (χ3v) is 5.17. The SMILES string of the molecule is CC(F)C(F)(F)C(F)(F)C(F)(F)S(=O)(=O)[O-].CC[N+](CC)(CC)CC. The standard InChI is InChI=1S/C8H20N.C5H5F7O3S/c1-5-9(6-2,7-3)8-4;1-2(6)3(7,8)4(9,10)5(11,12)16(13,14)15/h5-8H2,1-4H3;2H,1H3,(H,13,14,15)/q+1;/p-1. The van der Waals surface area contributed by atoms with Gasteiger partial charge in [-0.3, -0.25) is 0 Å². The molecule has 0 heterocycles. The highest BCUT2D eigenvalue weighted by atomic mass is 32.2. The highest BCUT2D eigenvalue weighted by Gasteiger charge is 2.76. The van der Waals surface area contributed by atoms with Gasteiger partial charge in [0.25, 0.3) is 0 Å². The predicted molar refractivity (Wildman–Crippen MR) is 77.5 cm³/mol. The molecule has 0 bridgehead atoms. The van der Waals surface area contributed by atoms with Gasteiger partial charge in [0.05, 0.1) is 26.2 Å². The van der Waals surface area contributed by atoms with E-state index < -0.39 is 33.4 Å². The molecular formula is C13H24F7NO3S. The molecule has 0 amide bonds. The summed E-state index contributed by atoms with van der Waals surface area (Å²) in [5.74, 6) is -12.6. The molecule has 0 aliphatic carbocycles. The molecule has 0 aliphatic heterocycles. The van der Waals surface area contributed by atoms with Crippen molar-refractivity contribution in [1.29, 1.82) is 0 Å². The number of alkyl halides is 7. The fraction of sp³-hybridized carbons (Fsp3) is 1.00. The minimum absolute atomic E-state index is 0.179. The van der Waals surface area contributed by atoms with Gasteiger partial charge in [0.2, 0.25) is 0 Å². The summed E-state index contributed by atoms with van der Waals surface area (Å²) in [6.45, 7) is 14.0. The average Bonchev–Trinajstić information content (AvgIpc) is 2.49. The van der Waals surface area contributed by atoms with Gasteiger partial charge in [0.15, 0.2) is 16.3 Å². The third kappa shape index (κ3) is 5.43. The Hall–Kier alpha value is -0.620. The van der Waals surface area contributed by atoms with Crippen LogP contribution in [-0.2, 0) is 10.1 Å². The van der Waals surface area contributed by atoms with Gasteiger partial charge in [-0.05, 0) is 34.6 Å². The number of nitrogens with zero attached hydrogens (tertiary/aromatic N) is 1. The molecule has 0 spiro atoms. The normalized spacial score (nSPS) is 15.4. The van der Waals surface area contributed by atoms with Crippen molar-refractivity contribution in [1.82, 2.24) is 0 Å². The van der Waals surface area contributed by atoms with Crippen LogP contribution in [-0.4, -0.2) is 66.9 Å². The summed E-state index contributed by atoms with van der Waals surface area (Å²) >= 11 is 0. The van der Waals surface area contributed by atoms with Gasteiger partial charge in [0.1, 0.15) is 0 Å². The number of quaternary nitrogens is 1. The van der Waals surface area contributed by atoms with E-state index in [1.165, 1.54) is 30.7 Å². The van der Waals surface area contributed by atoms with E-state index in [1.807, 2.05) is 0 Å². The van der Waals surface area contributed by atoms with Crippen LogP contribution in [0.25, 0.3) is 0 Å². The van der Waals surface area contributed by atoms with Gasteiger partial charge >= 0.3 is 17.1 Å². The van der Waals surface area contributed by atoms with Gasteiger partial charge in [0, 0.05) is 0 Å². The summed E-state index contributed by atoms with van der Waals surface area (Å²) in [7, 11) is -7.06. The van der Waals surface area contributed by atoms with Crippen LogP contribution in [0.2, 0.25) is 0 Å². The number of hydrogen-bond acceptors (Lipinski definition) is 3. The van der Waals surface area contributed by atoms with Gasteiger partial charge in [-0.15, -0.1) is 0 Å². The first-order valence-corrected chi connectivity index (χ1v) is 8.92. The van der Waals surface area contributed by atoms with Crippen LogP contribution in [0, 0.1) is 0 Å². The Morgan fingerprint density at radius 1 is 0.880 bits per heavy atom. The molecule has 0 aromatic rings. The molecule has 4 nitrogen and oxygen atoms in total. The molecule has 0 aromatic carbocycles. The molecule has 1 unspecified atom stereocenters. The molecule has 0 fully saturated rings. The Bertz CT molecular complexity index is 488. The van der Waals surface area contributed by atoms with E-state index in [0.717, 1.165) is 0 Å². The maximum Gasteiger partial charge on any atom is 0.402 e. The topological polar surface area (TPSA) is 57.2 Å². The van der Waals surface area contributed by atoms with E-state index >= 15 is 0 Å². The van der Waals surface area contributed by atoms with Crippen LogP contribution in [0.1, 0.15) is 34.6 Å². The lowest BCUT2D eigenvalue weighted by molar-refractivity contribution is -0.921. The summed E-state index contributed by atoms with van der Waals surface area (Å²) in [6.07, 6.45) is -3.77. The molecule has 0 saturated carbocycles. The molecule has 154 valence electrons. The zero-order valence-corrected chi connectivity index (χ0v) is 15.4.